The molecular weight excluding hydrogens is 520 g/mol. The van der Waals surface area contributed by atoms with Crippen LogP contribution >= 0.6 is 0 Å². The Labute approximate surface area is 239 Å². The normalized spacial score (nSPS) is 12.9. The summed E-state index contributed by atoms with van der Waals surface area (Å²) in [5.41, 5.74) is 5.66. The van der Waals surface area contributed by atoms with Crippen molar-refractivity contribution in [3.05, 3.63) is 95.4 Å². The lowest BCUT2D eigenvalue weighted by Gasteiger charge is -2.25. The second-order valence-electron chi connectivity index (χ2n) is 10.2. The third-order valence-corrected chi connectivity index (χ3v) is 7.27. The van der Waals surface area contributed by atoms with Crippen LogP contribution in [0.3, 0.4) is 0 Å². The van der Waals surface area contributed by atoms with Gasteiger partial charge in [0.25, 0.3) is 0 Å². The molecule has 0 atom stereocenters. The summed E-state index contributed by atoms with van der Waals surface area (Å²) < 4.78 is 17.3. The number of carbonyl (C=O) groups excluding carboxylic acids is 1. The van der Waals surface area contributed by atoms with Gasteiger partial charge in [-0.2, -0.15) is 0 Å². The van der Waals surface area contributed by atoms with E-state index in [1.165, 1.54) is 0 Å². The maximum atomic E-state index is 12.2. The molecule has 0 unspecified atom stereocenters. The van der Waals surface area contributed by atoms with Crippen molar-refractivity contribution in [1.29, 1.82) is 0 Å². The van der Waals surface area contributed by atoms with E-state index < -0.39 is 12.1 Å². The number of carboxylic acid groups (broad SMARTS) is 1. The number of aromatic nitrogens is 1. The van der Waals surface area contributed by atoms with E-state index in [-0.39, 0.29) is 19.1 Å². The van der Waals surface area contributed by atoms with Crippen molar-refractivity contribution in [1.82, 2.24) is 10.3 Å². The van der Waals surface area contributed by atoms with Crippen molar-refractivity contribution >= 4 is 12.1 Å². The first-order chi connectivity index (χ1) is 19.9. The number of carbonyl (C=O) groups is 2. The Hall–Kier alpha value is -4.59. The summed E-state index contributed by atoms with van der Waals surface area (Å²) in [6.07, 6.45) is 3.32. The predicted octanol–water partition coefficient (Wildman–Crippen LogP) is 6.73. The number of benzene rings is 3. The van der Waals surface area contributed by atoms with E-state index in [9.17, 15) is 9.59 Å². The number of amides is 1. The van der Waals surface area contributed by atoms with Crippen LogP contribution < -0.4 is 10.1 Å². The van der Waals surface area contributed by atoms with Gasteiger partial charge in [-0.3, -0.25) is 4.79 Å². The number of hydrogen-bond acceptors (Lipinski definition) is 6. The molecule has 1 amide bonds. The second-order valence-corrected chi connectivity index (χ2v) is 10.2. The van der Waals surface area contributed by atoms with Gasteiger partial charge in [0.2, 0.25) is 5.89 Å². The third-order valence-electron chi connectivity index (χ3n) is 7.27. The molecule has 212 valence electrons. The molecule has 1 fully saturated rings. The van der Waals surface area contributed by atoms with Gasteiger partial charge in [-0.25, -0.2) is 9.78 Å². The lowest BCUT2D eigenvalue weighted by atomic mass is 9.96. The molecule has 1 saturated carbocycles. The number of oxazole rings is 1. The van der Waals surface area contributed by atoms with Crippen LogP contribution in [0.5, 0.6) is 5.75 Å². The average Bonchev–Trinajstić information content (AvgIpc) is 3.34. The fraction of sp³-hybridized carbons (Fsp3) is 0.303. The molecule has 1 heterocycles. The molecule has 5 rings (SSSR count). The Morgan fingerprint density at radius 2 is 1.68 bits per heavy atom. The minimum Gasteiger partial charge on any atom is -0.493 e. The lowest BCUT2D eigenvalue weighted by Crippen LogP contribution is -2.32. The van der Waals surface area contributed by atoms with Crippen LogP contribution in [0.2, 0.25) is 0 Å². The molecule has 0 bridgehead atoms. The minimum absolute atomic E-state index is 0.00246. The van der Waals surface area contributed by atoms with Gasteiger partial charge in [-0.15, -0.1) is 0 Å². The van der Waals surface area contributed by atoms with Crippen molar-refractivity contribution in [3.63, 3.8) is 0 Å². The van der Waals surface area contributed by atoms with Gasteiger partial charge in [-0.05, 0) is 79.1 Å². The zero-order valence-electron chi connectivity index (χ0n) is 23.1. The van der Waals surface area contributed by atoms with Crippen molar-refractivity contribution in [2.24, 2.45) is 0 Å². The molecule has 4 aromatic rings. The van der Waals surface area contributed by atoms with Crippen molar-refractivity contribution in [2.45, 2.75) is 58.1 Å². The van der Waals surface area contributed by atoms with Crippen LogP contribution in [-0.2, 0) is 28.9 Å². The van der Waals surface area contributed by atoms with Crippen LogP contribution in [-0.4, -0.2) is 34.9 Å². The smallest absolute Gasteiger partial charge is 0.407 e. The van der Waals surface area contributed by atoms with Crippen molar-refractivity contribution in [2.75, 3.05) is 6.61 Å². The van der Waals surface area contributed by atoms with E-state index >= 15 is 0 Å². The Balaban J connectivity index is 1.19. The lowest BCUT2D eigenvalue weighted by molar-refractivity contribution is -0.136. The van der Waals surface area contributed by atoms with Gasteiger partial charge in [-0.1, -0.05) is 48.5 Å². The summed E-state index contributed by atoms with van der Waals surface area (Å²) in [7, 11) is 0. The highest BCUT2D eigenvalue weighted by Crippen LogP contribution is 2.27. The highest BCUT2D eigenvalue weighted by Gasteiger charge is 2.21. The largest absolute Gasteiger partial charge is 0.493 e. The molecule has 2 N–H and O–H groups in total. The molecule has 0 radical (unpaired) electrons. The molecule has 1 aliphatic rings. The molecule has 0 spiro atoms. The van der Waals surface area contributed by atoms with E-state index in [0.29, 0.717) is 31.1 Å². The first-order valence-electron chi connectivity index (χ1n) is 14.0. The van der Waals surface area contributed by atoms with Crippen LogP contribution in [0.25, 0.3) is 22.6 Å². The molecule has 0 aliphatic heterocycles. The Bertz CT molecular complexity index is 1480. The quantitative estimate of drug-likeness (QED) is 0.200. The Kier molecular flexibility index (Phi) is 8.98. The molecule has 8 nitrogen and oxygen atoms in total. The second kappa shape index (κ2) is 13.2. The minimum atomic E-state index is -0.872. The van der Waals surface area contributed by atoms with Gasteiger partial charge >= 0.3 is 12.1 Å². The molecule has 0 saturated heterocycles. The number of hydrogen-bond donors (Lipinski definition) is 2. The fourth-order valence-corrected chi connectivity index (χ4v) is 4.68. The van der Waals surface area contributed by atoms with Crippen LogP contribution in [0.1, 0.15) is 48.3 Å². The number of aryl methyl sites for hydroxylation is 2. The highest BCUT2D eigenvalue weighted by atomic mass is 16.6. The van der Waals surface area contributed by atoms with E-state index in [4.69, 9.17) is 24.0 Å². The van der Waals surface area contributed by atoms with E-state index in [1.54, 1.807) is 0 Å². The first kappa shape index (κ1) is 28.0. The summed E-state index contributed by atoms with van der Waals surface area (Å²) >= 11 is 0. The SMILES string of the molecule is Cc1oc(-c2ccc(-c3ccccc3)cc2)nc1CCOc1ccc(CCC(=O)O)c(CNC(=O)OC2CCC2)c1. The van der Waals surface area contributed by atoms with Crippen molar-refractivity contribution in [3.8, 4) is 28.3 Å². The van der Waals surface area contributed by atoms with Gasteiger partial charge in [0.05, 0.1) is 12.3 Å². The predicted molar refractivity (Wildman–Crippen MR) is 155 cm³/mol. The Morgan fingerprint density at radius 1 is 0.951 bits per heavy atom. The summed E-state index contributed by atoms with van der Waals surface area (Å²) in [5, 5.41) is 11.9. The summed E-state index contributed by atoms with van der Waals surface area (Å²) in [6.45, 7) is 2.51. The van der Waals surface area contributed by atoms with Gasteiger partial charge in [0.1, 0.15) is 17.6 Å². The number of rotatable bonds is 12. The maximum Gasteiger partial charge on any atom is 0.407 e. The van der Waals surface area contributed by atoms with Gasteiger partial charge < -0.3 is 24.3 Å². The topological polar surface area (TPSA) is 111 Å². The van der Waals surface area contributed by atoms with Crippen LogP contribution in [0.4, 0.5) is 4.79 Å². The maximum absolute atomic E-state index is 12.2. The van der Waals surface area contributed by atoms with Crippen LogP contribution in [0.15, 0.2) is 77.2 Å². The molecule has 8 heteroatoms. The average molecular weight is 555 g/mol. The zero-order valence-corrected chi connectivity index (χ0v) is 23.1. The first-order valence-corrected chi connectivity index (χ1v) is 14.0. The summed E-state index contributed by atoms with van der Waals surface area (Å²) in [6, 6.07) is 23.9. The number of aliphatic carboxylic acids is 1. The van der Waals surface area contributed by atoms with E-state index in [1.807, 2.05) is 55.5 Å². The summed E-state index contributed by atoms with van der Waals surface area (Å²) in [4.78, 5) is 28.0. The van der Waals surface area contributed by atoms with Crippen molar-refractivity contribution < 1.29 is 28.6 Å². The summed E-state index contributed by atoms with van der Waals surface area (Å²) in [5.74, 6) is 1.07. The molecule has 1 aliphatic carbocycles. The zero-order chi connectivity index (χ0) is 28.6. The number of nitrogens with one attached hydrogen (secondary N) is 1. The standard InChI is InChI=1S/C33H34N2O6/c1-22-30(35-32(40-22)26-12-10-24(11-13-26)23-6-3-2-4-7-23)18-19-39-29-16-14-25(15-17-31(36)37)27(20-29)21-34-33(38)41-28-8-5-9-28/h2-4,6-7,10-14,16,20,28H,5,8-9,15,17-19,21H2,1H3,(H,34,38)(H,36,37). The number of carboxylic acids is 1. The third kappa shape index (κ3) is 7.54. The van der Waals surface area contributed by atoms with Gasteiger partial charge in [0, 0.05) is 24.9 Å². The monoisotopic (exact) mass is 554 g/mol. The van der Waals surface area contributed by atoms with Crippen LogP contribution in [0, 0.1) is 6.92 Å². The molecule has 3 aromatic carbocycles. The molecule has 41 heavy (non-hydrogen) atoms. The van der Waals surface area contributed by atoms with E-state index in [0.717, 1.165) is 58.5 Å². The fourth-order valence-electron chi connectivity index (χ4n) is 4.68. The highest BCUT2D eigenvalue weighted by molar-refractivity contribution is 5.69. The van der Waals surface area contributed by atoms with E-state index in [2.05, 4.69) is 29.6 Å². The number of ether oxygens (including phenoxy) is 2. The number of alkyl carbamates (subject to hydrolysis) is 1. The van der Waals surface area contributed by atoms with Gasteiger partial charge in [0.15, 0.2) is 0 Å². The number of nitrogens with zero attached hydrogens (tertiary/aromatic N) is 1. The Morgan fingerprint density at radius 3 is 2.39 bits per heavy atom. The molecular formula is C33H34N2O6. The molecule has 1 aromatic heterocycles.